The minimum Gasteiger partial charge on any atom is -0.353 e. The Morgan fingerprint density at radius 3 is 2.40 bits per heavy atom. The molecule has 0 aliphatic heterocycles. The third-order valence-electron chi connectivity index (χ3n) is 3.12. The third-order valence-corrected chi connectivity index (χ3v) is 3.37. The first kappa shape index (κ1) is 17.0. The van der Waals surface area contributed by atoms with Crippen LogP contribution < -0.4 is 11.1 Å². The molecule has 20 heavy (non-hydrogen) atoms. The van der Waals surface area contributed by atoms with Crippen LogP contribution in [0, 0.1) is 0 Å². The second-order valence-corrected chi connectivity index (χ2v) is 5.52. The van der Waals surface area contributed by atoms with Crippen LogP contribution in [0.4, 0.5) is 0 Å². The number of carbonyl (C=O) groups excluding carboxylic acids is 1. The van der Waals surface area contributed by atoms with Gasteiger partial charge in [-0.15, -0.1) is 0 Å². The van der Waals surface area contributed by atoms with Crippen molar-refractivity contribution in [1.29, 1.82) is 0 Å². The Morgan fingerprint density at radius 2 is 1.95 bits per heavy atom. The molecule has 3 N–H and O–H groups in total. The van der Waals surface area contributed by atoms with Crippen molar-refractivity contribution >= 4 is 17.5 Å². The highest BCUT2D eigenvalue weighted by Crippen LogP contribution is 2.21. The second kappa shape index (κ2) is 8.25. The standard InChI is InChI=1S/C15H24ClN3O/c1-4-19(10-15(20)18-11(2)3)14(9-17)12-5-7-13(16)8-6-12/h5-8,11,14H,4,9-10,17H2,1-3H3,(H,18,20). The molecule has 0 aliphatic carbocycles. The maximum absolute atomic E-state index is 11.9. The van der Waals surface area contributed by atoms with Gasteiger partial charge in [0.15, 0.2) is 0 Å². The fourth-order valence-electron chi connectivity index (χ4n) is 2.18. The van der Waals surface area contributed by atoms with E-state index < -0.39 is 0 Å². The first-order valence-corrected chi connectivity index (χ1v) is 7.34. The average molecular weight is 298 g/mol. The topological polar surface area (TPSA) is 58.4 Å². The largest absolute Gasteiger partial charge is 0.353 e. The molecule has 1 amide bonds. The Kier molecular flexibility index (Phi) is 6.99. The van der Waals surface area contributed by atoms with Gasteiger partial charge in [0.2, 0.25) is 5.91 Å². The first-order valence-electron chi connectivity index (χ1n) is 6.96. The van der Waals surface area contributed by atoms with Gasteiger partial charge < -0.3 is 11.1 Å². The fraction of sp³-hybridized carbons (Fsp3) is 0.533. The van der Waals surface area contributed by atoms with Crippen LogP contribution in [0.1, 0.15) is 32.4 Å². The van der Waals surface area contributed by atoms with Gasteiger partial charge in [-0.2, -0.15) is 0 Å². The molecule has 1 rings (SSSR count). The molecule has 1 aromatic rings. The van der Waals surface area contributed by atoms with Crippen LogP contribution in [-0.2, 0) is 4.79 Å². The van der Waals surface area contributed by atoms with Crippen molar-refractivity contribution in [3.05, 3.63) is 34.9 Å². The van der Waals surface area contributed by atoms with Crippen LogP contribution in [0.25, 0.3) is 0 Å². The molecule has 1 aromatic carbocycles. The summed E-state index contributed by atoms with van der Waals surface area (Å²) in [5.74, 6) is 0.0225. The van der Waals surface area contributed by atoms with E-state index in [2.05, 4.69) is 10.2 Å². The number of nitrogens with two attached hydrogens (primary N) is 1. The van der Waals surface area contributed by atoms with E-state index in [1.54, 1.807) is 0 Å². The predicted octanol–water partition coefficient (Wildman–Crippen LogP) is 2.19. The summed E-state index contributed by atoms with van der Waals surface area (Å²) in [5, 5.41) is 3.60. The molecule has 0 saturated carbocycles. The summed E-state index contributed by atoms with van der Waals surface area (Å²) in [6.45, 7) is 7.50. The van der Waals surface area contributed by atoms with Gasteiger partial charge in [0.1, 0.15) is 0 Å². The number of halogens is 1. The highest BCUT2D eigenvalue weighted by Gasteiger charge is 2.20. The Hall–Kier alpha value is -1.10. The van der Waals surface area contributed by atoms with E-state index in [9.17, 15) is 4.79 Å². The van der Waals surface area contributed by atoms with Crippen LogP contribution in [0.2, 0.25) is 5.02 Å². The molecular formula is C15H24ClN3O. The number of benzene rings is 1. The number of rotatable bonds is 7. The summed E-state index contributed by atoms with van der Waals surface area (Å²) in [6.07, 6.45) is 0. The molecule has 0 fully saturated rings. The van der Waals surface area contributed by atoms with E-state index in [0.717, 1.165) is 12.1 Å². The summed E-state index contributed by atoms with van der Waals surface area (Å²) >= 11 is 5.91. The predicted molar refractivity (Wildman–Crippen MR) is 83.8 cm³/mol. The number of amides is 1. The van der Waals surface area contributed by atoms with Crippen molar-refractivity contribution < 1.29 is 4.79 Å². The van der Waals surface area contributed by atoms with Crippen LogP contribution in [0.3, 0.4) is 0 Å². The Bertz CT molecular complexity index is 420. The summed E-state index contributed by atoms with van der Waals surface area (Å²) < 4.78 is 0. The van der Waals surface area contributed by atoms with E-state index in [4.69, 9.17) is 17.3 Å². The highest BCUT2D eigenvalue weighted by molar-refractivity contribution is 6.30. The van der Waals surface area contributed by atoms with E-state index >= 15 is 0 Å². The molecule has 5 heteroatoms. The average Bonchev–Trinajstić information content (AvgIpc) is 2.39. The molecule has 1 atom stereocenters. The lowest BCUT2D eigenvalue weighted by Crippen LogP contribution is -2.43. The monoisotopic (exact) mass is 297 g/mol. The Labute approximate surface area is 126 Å². The lowest BCUT2D eigenvalue weighted by atomic mass is 10.1. The van der Waals surface area contributed by atoms with Gasteiger partial charge in [-0.25, -0.2) is 0 Å². The second-order valence-electron chi connectivity index (χ2n) is 5.09. The van der Waals surface area contributed by atoms with E-state index in [0.29, 0.717) is 18.1 Å². The van der Waals surface area contributed by atoms with Crippen molar-refractivity contribution in [3.63, 3.8) is 0 Å². The first-order chi connectivity index (χ1) is 9.47. The highest BCUT2D eigenvalue weighted by atomic mass is 35.5. The van der Waals surface area contributed by atoms with Gasteiger partial charge in [0.25, 0.3) is 0 Å². The molecular weight excluding hydrogens is 274 g/mol. The molecule has 4 nitrogen and oxygen atoms in total. The van der Waals surface area contributed by atoms with Crippen LogP contribution in [0.5, 0.6) is 0 Å². The van der Waals surface area contributed by atoms with Crippen molar-refractivity contribution in [2.45, 2.75) is 32.9 Å². The summed E-state index contributed by atoms with van der Waals surface area (Å²) in [4.78, 5) is 14.0. The van der Waals surface area contributed by atoms with E-state index in [1.807, 2.05) is 45.0 Å². The summed E-state index contributed by atoms with van der Waals surface area (Å²) in [7, 11) is 0. The van der Waals surface area contributed by atoms with Gasteiger partial charge in [-0.1, -0.05) is 30.7 Å². The number of hydrogen-bond acceptors (Lipinski definition) is 3. The zero-order valence-corrected chi connectivity index (χ0v) is 13.2. The van der Waals surface area contributed by atoms with Gasteiger partial charge in [0, 0.05) is 23.7 Å². The smallest absolute Gasteiger partial charge is 0.234 e. The van der Waals surface area contributed by atoms with Gasteiger partial charge >= 0.3 is 0 Å². The SMILES string of the molecule is CCN(CC(=O)NC(C)C)C(CN)c1ccc(Cl)cc1. The number of nitrogens with zero attached hydrogens (tertiary/aromatic N) is 1. The number of nitrogens with one attached hydrogen (secondary N) is 1. The van der Waals surface area contributed by atoms with Crippen molar-refractivity contribution in [2.75, 3.05) is 19.6 Å². The minimum atomic E-state index is 0.0225. The van der Waals surface area contributed by atoms with Crippen LogP contribution >= 0.6 is 11.6 Å². The van der Waals surface area contributed by atoms with Crippen molar-refractivity contribution in [2.24, 2.45) is 5.73 Å². The lowest BCUT2D eigenvalue weighted by Gasteiger charge is -2.30. The maximum atomic E-state index is 11.9. The molecule has 0 heterocycles. The molecule has 1 unspecified atom stereocenters. The molecule has 0 aliphatic rings. The fourth-order valence-corrected chi connectivity index (χ4v) is 2.30. The van der Waals surface area contributed by atoms with Crippen LogP contribution in [-0.4, -0.2) is 36.5 Å². The summed E-state index contributed by atoms with van der Waals surface area (Å²) in [6, 6.07) is 7.79. The zero-order chi connectivity index (χ0) is 15.1. The Balaban J connectivity index is 2.79. The molecule has 0 spiro atoms. The number of carbonyl (C=O) groups is 1. The molecule has 0 saturated heterocycles. The minimum absolute atomic E-state index is 0.0225. The van der Waals surface area contributed by atoms with E-state index in [1.165, 1.54) is 0 Å². The van der Waals surface area contributed by atoms with E-state index in [-0.39, 0.29) is 18.0 Å². The van der Waals surface area contributed by atoms with Gasteiger partial charge in [-0.05, 0) is 38.1 Å². The normalized spacial score (nSPS) is 12.8. The van der Waals surface area contributed by atoms with Gasteiger partial charge in [-0.3, -0.25) is 9.69 Å². The molecule has 0 aromatic heterocycles. The van der Waals surface area contributed by atoms with Crippen molar-refractivity contribution in [3.8, 4) is 0 Å². The summed E-state index contributed by atoms with van der Waals surface area (Å²) in [5.41, 5.74) is 6.97. The van der Waals surface area contributed by atoms with Gasteiger partial charge in [0.05, 0.1) is 6.54 Å². The lowest BCUT2D eigenvalue weighted by molar-refractivity contribution is -0.123. The maximum Gasteiger partial charge on any atom is 0.234 e. The van der Waals surface area contributed by atoms with Crippen LogP contribution in [0.15, 0.2) is 24.3 Å². The quantitative estimate of drug-likeness (QED) is 0.811. The molecule has 112 valence electrons. The Morgan fingerprint density at radius 1 is 1.35 bits per heavy atom. The zero-order valence-electron chi connectivity index (χ0n) is 12.4. The number of hydrogen-bond donors (Lipinski definition) is 2. The number of likely N-dealkylation sites (N-methyl/N-ethyl adjacent to an activating group) is 1. The molecule has 0 radical (unpaired) electrons. The van der Waals surface area contributed by atoms with Crippen molar-refractivity contribution in [1.82, 2.24) is 10.2 Å². The third kappa shape index (κ3) is 5.12. The molecule has 0 bridgehead atoms.